The van der Waals surface area contributed by atoms with Crippen LogP contribution in [0.5, 0.6) is 5.75 Å². The van der Waals surface area contributed by atoms with E-state index in [9.17, 15) is 4.79 Å². The highest BCUT2D eigenvalue weighted by Gasteiger charge is 2.26. The van der Waals surface area contributed by atoms with Crippen LogP contribution in [0.15, 0.2) is 24.4 Å². The Bertz CT molecular complexity index is 1360. The van der Waals surface area contributed by atoms with E-state index in [4.69, 9.17) is 21.4 Å². The summed E-state index contributed by atoms with van der Waals surface area (Å²) in [4.78, 5) is 14.6. The zero-order chi connectivity index (χ0) is 22.6. The van der Waals surface area contributed by atoms with E-state index >= 15 is 4.39 Å². The van der Waals surface area contributed by atoms with Gasteiger partial charge in [-0.15, -0.1) is 0 Å². The van der Waals surface area contributed by atoms with Crippen LogP contribution in [0.3, 0.4) is 0 Å². The van der Waals surface area contributed by atoms with Gasteiger partial charge in [-0.3, -0.25) is 4.68 Å². The highest BCUT2D eigenvalue weighted by molar-refractivity contribution is 7.11. The van der Waals surface area contributed by atoms with Crippen molar-refractivity contribution < 1.29 is 19.0 Å². The zero-order valence-electron chi connectivity index (χ0n) is 17.3. The van der Waals surface area contributed by atoms with E-state index in [0.29, 0.717) is 48.4 Å². The van der Waals surface area contributed by atoms with Crippen LogP contribution >= 0.6 is 23.1 Å². The van der Waals surface area contributed by atoms with Gasteiger partial charge in [-0.25, -0.2) is 9.18 Å². The molecule has 1 aliphatic heterocycles. The number of rotatable bonds is 3. The summed E-state index contributed by atoms with van der Waals surface area (Å²) in [5, 5.41) is 16.1. The van der Waals surface area contributed by atoms with Crippen molar-refractivity contribution in [1.29, 1.82) is 0 Å². The van der Waals surface area contributed by atoms with Gasteiger partial charge in [-0.05, 0) is 29.7 Å². The molecule has 8 nitrogen and oxygen atoms in total. The lowest BCUT2D eigenvalue weighted by atomic mass is 10.00. The molecule has 5 rings (SSSR count). The molecular formula is C21H19ClFN5O3S. The minimum absolute atomic E-state index is 0.231. The Balaban J connectivity index is 1.62. The molecule has 1 amide bonds. The smallest absolute Gasteiger partial charge is 0.407 e. The van der Waals surface area contributed by atoms with Crippen molar-refractivity contribution in [2.75, 3.05) is 38.2 Å². The van der Waals surface area contributed by atoms with E-state index < -0.39 is 11.9 Å². The fourth-order valence-electron chi connectivity index (χ4n) is 4.11. The molecular weight excluding hydrogens is 457 g/mol. The number of fused-ring (bicyclic) bond motifs is 2. The molecule has 3 heterocycles. The van der Waals surface area contributed by atoms with Crippen molar-refractivity contribution in [3.05, 3.63) is 35.2 Å². The number of piperazine rings is 1. The summed E-state index contributed by atoms with van der Waals surface area (Å²) in [5.41, 5.74) is 1.62. The first kappa shape index (κ1) is 20.8. The van der Waals surface area contributed by atoms with Gasteiger partial charge in [0.25, 0.3) is 0 Å². The summed E-state index contributed by atoms with van der Waals surface area (Å²) < 4.78 is 27.3. The van der Waals surface area contributed by atoms with E-state index in [1.54, 1.807) is 31.0 Å². The number of hydrogen-bond donors (Lipinski definition) is 1. The molecule has 0 atom stereocenters. The summed E-state index contributed by atoms with van der Waals surface area (Å²) >= 11 is 7.82. The lowest BCUT2D eigenvalue weighted by molar-refractivity contribution is 0.142. The predicted octanol–water partition coefficient (Wildman–Crippen LogP) is 4.45. The van der Waals surface area contributed by atoms with Crippen molar-refractivity contribution in [2.24, 2.45) is 7.05 Å². The Hall–Kier alpha value is -3.11. The molecule has 1 saturated heterocycles. The first-order chi connectivity index (χ1) is 15.4. The number of methoxy groups -OCH3 is 1. The summed E-state index contributed by atoms with van der Waals surface area (Å²) in [6.07, 6.45) is 0.903. The number of halogens is 2. The van der Waals surface area contributed by atoms with Gasteiger partial charge < -0.3 is 19.6 Å². The Morgan fingerprint density at radius 1 is 1.22 bits per heavy atom. The maximum absolute atomic E-state index is 15.8. The van der Waals surface area contributed by atoms with E-state index in [1.165, 1.54) is 16.4 Å². The minimum Gasteiger partial charge on any atom is -0.497 e. The Kier molecular flexibility index (Phi) is 5.06. The number of amides is 1. The number of nitrogens with zero attached hydrogens (tertiary/aromatic N) is 5. The molecule has 0 spiro atoms. The molecule has 32 heavy (non-hydrogen) atoms. The van der Waals surface area contributed by atoms with Gasteiger partial charge in [0.2, 0.25) is 0 Å². The monoisotopic (exact) mass is 475 g/mol. The summed E-state index contributed by atoms with van der Waals surface area (Å²) in [7, 11) is 3.35. The first-order valence-electron chi connectivity index (χ1n) is 9.89. The van der Waals surface area contributed by atoms with Crippen LogP contribution in [0.2, 0.25) is 5.02 Å². The van der Waals surface area contributed by atoms with E-state index in [1.807, 2.05) is 17.2 Å². The van der Waals surface area contributed by atoms with Crippen LogP contribution in [0.4, 0.5) is 14.2 Å². The Labute approximate surface area is 191 Å². The average Bonchev–Trinajstić information content (AvgIpc) is 3.36. The highest BCUT2D eigenvalue weighted by Crippen LogP contribution is 2.43. The zero-order valence-corrected chi connectivity index (χ0v) is 18.9. The van der Waals surface area contributed by atoms with Gasteiger partial charge in [-0.2, -0.15) is 9.47 Å². The Morgan fingerprint density at radius 3 is 2.66 bits per heavy atom. The van der Waals surface area contributed by atoms with E-state index in [2.05, 4.69) is 9.47 Å². The molecule has 11 heteroatoms. The third-order valence-electron chi connectivity index (χ3n) is 5.69. The lowest BCUT2D eigenvalue weighted by Crippen LogP contribution is -2.48. The molecule has 0 radical (unpaired) electrons. The molecule has 0 unspecified atom stereocenters. The lowest BCUT2D eigenvalue weighted by Gasteiger charge is -2.33. The van der Waals surface area contributed by atoms with Crippen molar-refractivity contribution in [3.63, 3.8) is 0 Å². The molecule has 0 saturated carbocycles. The third kappa shape index (κ3) is 3.30. The standard InChI is InChI=1S/C21H19ClFN5O3S/c1-26-10-11-7-12(31-2)8-13(18(11)24-26)16-15(22)9-14-19(17(16)23)25-32-20(14)27-3-5-28(6-4-27)21(29)30/h7-10H,3-6H2,1-2H3,(H,29,30). The SMILES string of the molecule is COc1cc(-c2c(Cl)cc3c(N4CCN(C(=O)O)CC4)snc3c2F)c2nn(C)cc2c1. The van der Waals surface area contributed by atoms with Gasteiger partial charge in [0.05, 0.1) is 12.1 Å². The number of aryl methyl sites for hydroxylation is 1. The number of hydrogen-bond acceptors (Lipinski definition) is 6. The van der Waals surface area contributed by atoms with Gasteiger partial charge in [0.1, 0.15) is 21.8 Å². The quantitative estimate of drug-likeness (QED) is 0.471. The second-order valence-electron chi connectivity index (χ2n) is 7.60. The van der Waals surface area contributed by atoms with E-state index in [0.717, 1.165) is 10.4 Å². The van der Waals surface area contributed by atoms with Crippen LogP contribution in [-0.2, 0) is 7.05 Å². The largest absolute Gasteiger partial charge is 0.497 e. The molecule has 1 N–H and O–H groups in total. The predicted molar refractivity (Wildman–Crippen MR) is 123 cm³/mol. The van der Waals surface area contributed by atoms with Crippen LogP contribution in [0, 0.1) is 5.82 Å². The molecule has 0 bridgehead atoms. The fourth-order valence-corrected chi connectivity index (χ4v) is 5.31. The molecule has 0 aliphatic carbocycles. The number of ether oxygens (including phenoxy) is 1. The van der Waals surface area contributed by atoms with Gasteiger partial charge in [0.15, 0.2) is 5.82 Å². The van der Waals surface area contributed by atoms with Crippen LogP contribution in [0.1, 0.15) is 0 Å². The number of anilines is 1. The topological polar surface area (TPSA) is 83.7 Å². The van der Waals surface area contributed by atoms with Crippen LogP contribution in [-0.4, -0.2) is 63.5 Å². The molecule has 4 aromatic rings. The molecule has 166 valence electrons. The van der Waals surface area contributed by atoms with Crippen LogP contribution in [0.25, 0.3) is 32.9 Å². The second kappa shape index (κ2) is 7.79. The molecule has 1 fully saturated rings. The van der Waals surface area contributed by atoms with Crippen molar-refractivity contribution in [1.82, 2.24) is 19.1 Å². The van der Waals surface area contributed by atoms with Crippen molar-refractivity contribution >= 4 is 56.0 Å². The van der Waals surface area contributed by atoms with Crippen molar-refractivity contribution in [2.45, 2.75) is 0 Å². The van der Waals surface area contributed by atoms with Gasteiger partial charge >= 0.3 is 6.09 Å². The molecule has 2 aromatic heterocycles. The molecule has 1 aliphatic rings. The summed E-state index contributed by atoms with van der Waals surface area (Å²) in [5.74, 6) is 0.0608. The normalized spacial score (nSPS) is 14.5. The molecule has 2 aromatic carbocycles. The maximum atomic E-state index is 15.8. The summed E-state index contributed by atoms with van der Waals surface area (Å²) in [6, 6.07) is 5.30. The third-order valence-corrected chi connectivity index (χ3v) is 6.91. The number of carbonyl (C=O) groups is 1. The number of carboxylic acid groups (broad SMARTS) is 1. The first-order valence-corrected chi connectivity index (χ1v) is 11.0. The number of aromatic nitrogens is 3. The maximum Gasteiger partial charge on any atom is 0.407 e. The summed E-state index contributed by atoms with van der Waals surface area (Å²) in [6.45, 7) is 1.78. The highest BCUT2D eigenvalue weighted by atomic mass is 35.5. The average molecular weight is 476 g/mol. The van der Waals surface area contributed by atoms with Gasteiger partial charge in [-0.1, -0.05) is 11.6 Å². The Morgan fingerprint density at radius 2 is 1.97 bits per heavy atom. The number of benzene rings is 2. The van der Waals surface area contributed by atoms with Gasteiger partial charge in [0, 0.05) is 61.3 Å². The van der Waals surface area contributed by atoms with Crippen LogP contribution < -0.4 is 9.64 Å². The fraction of sp³-hybridized carbons (Fsp3) is 0.286. The second-order valence-corrected chi connectivity index (χ2v) is 8.76. The minimum atomic E-state index is -0.934. The van der Waals surface area contributed by atoms with E-state index in [-0.39, 0.29) is 16.1 Å². The van der Waals surface area contributed by atoms with Crippen molar-refractivity contribution in [3.8, 4) is 16.9 Å².